The number of fused-ring (bicyclic) bond motifs is 1. The molecule has 9 heteroatoms. The van der Waals surface area contributed by atoms with Crippen molar-refractivity contribution in [2.45, 2.75) is 6.18 Å². The van der Waals surface area contributed by atoms with Gasteiger partial charge < -0.3 is 15.0 Å². The summed E-state index contributed by atoms with van der Waals surface area (Å²) in [5, 5.41) is 2.90. The number of alkyl halides is 3. The molecule has 0 atom stereocenters. The lowest BCUT2D eigenvalue weighted by Gasteiger charge is -2.13. The summed E-state index contributed by atoms with van der Waals surface area (Å²) in [6.07, 6.45) is -3.52. The van der Waals surface area contributed by atoms with E-state index in [2.05, 4.69) is 20.3 Å². The van der Waals surface area contributed by atoms with Gasteiger partial charge in [0.1, 0.15) is 5.56 Å². The van der Waals surface area contributed by atoms with Crippen LogP contribution in [-0.4, -0.2) is 15.0 Å². The molecule has 4 aromatic rings. The van der Waals surface area contributed by atoms with E-state index in [1.807, 2.05) is 24.3 Å². The molecule has 28 heavy (non-hydrogen) atoms. The first-order valence-electron chi connectivity index (χ1n) is 8.11. The maximum absolute atomic E-state index is 14.4. The van der Waals surface area contributed by atoms with E-state index in [1.54, 1.807) is 0 Å². The van der Waals surface area contributed by atoms with Gasteiger partial charge >= 0.3 is 6.18 Å². The Hall–Kier alpha value is -3.62. The zero-order chi connectivity index (χ0) is 19.7. The number of nitrogens with zero attached hydrogens (tertiary/aromatic N) is 2. The third-order valence-electron chi connectivity index (χ3n) is 3.87. The van der Waals surface area contributed by atoms with Gasteiger partial charge in [0.15, 0.2) is 11.6 Å². The summed E-state index contributed by atoms with van der Waals surface area (Å²) in [5.41, 5.74) is 0.806. The summed E-state index contributed by atoms with van der Waals surface area (Å²) in [6, 6.07) is 13.1. The number of nitrogens with one attached hydrogen (secondary N) is 2. The van der Waals surface area contributed by atoms with E-state index >= 15 is 0 Å². The molecular weight excluding hydrogens is 376 g/mol. The first kappa shape index (κ1) is 17.8. The number of benzene rings is 2. The number of anilines is 2. The lowest BCUT2D eigenvalue weighted by molar-refractivity contribution is -0.138. The first-order valence-corrected chi connectivity index (χ1v) is 8.11. The molecule has 0 saturated heterocycles. The number of pyridine rings is 1. The van der Waals surface area contributed by atoms with Gasteiger partial charge in [-0.15, -0.1) is 0 Å². The van der Waals surface area contributed by atoms with Gasteiger partial charge in [0.05, 0.1) is 11.0 Å². The van der Waals surface area contributed by atoms with Crippen molar-refractivity contribution in [3.63, 3.8) is 0 Å². The minimum Gasteiger partial charge on any atom is -0.435 e. The molecule has 0 bridgehead atoms. The van der Waals surface area contributed by atoms with Crippen molar-refractivity contribution >= 4 is 22.7 Å². The van der Waals surface area contributed by atoms with E-state index in [-0.39, 0.29) is 5.75 Å². The highest BCUT2D eigenvalue weighted by atomic mass is 19.4. The van der Waals surface area contributed by atoms with Crippen LogP contribution in [0.1, 0.15) is 5.56 Å². The summed E-state index contributed by atoms with van der Waals surface area (Å²) in [6.45, 7) is 0. The average molecular weight is 388 g/mol. The fraction of sp³-hybridized carbons (Fsp3) is 0.0526. The van der Waals surface area contributed by atoms with Gasteiger partial charge in [0.25, 0.3) is 0 Å². The molecule has 0 fully saturated rings. The number of rotatable bonds is 4. The Morgan fingerprint density at radius 1 is 1.00 bits per heavy atom. The van der Waals surface area contributed by atoms with Crippen LogP contribution < -0.4 is 10.1 Å². The Morgan fingerprint density at radius 2 is 1.82 bits per heavy atom. The van der Waals surface area contributed by atoms with Crippen molar-refractivity contribution in [1.29, 1.82) is 0 Å². The van der Waals surface area contributed by atoms with Gasteiger partial charge in [-0.2, -0.15) is 13.2 Å². The van der Waals surface area contributed by atoms with Crippen LogP contribution in [0.15, 0.2) is 60.8 Å². The number of imidazole rings is 1. The number of aromatic amines is 1. The van der Waals surface area contributed by atoms with Crippen molar-refractivity contribution < 1.29 is 22.3 Å². The first-order chi connectivity index (χ1) is 13.4. The molecule has 0 radical (unpaired) electrons. The summed E-state index contributed by atoms with van der Waals surface area (Å²) in [4.78, 5) is 10.9. The van der Waals surface area contributed by atoms with Crippen LogP contribution in [0.3, 0.4) is 0 Å². The molecular formula is C19H12F4N4O. The van der Waals surface area contributed by atoms with Crippen molar-refractivity contribution in [3.05, 3.63) is 72.2 Å². The fourth-order valence-corrected chi connectivity index (χ4v) is 2.60. The Labute approximate surface area is 156 Å². The molecule has 5 nitrogen and oxygen atoms in total. The van der Waals surface area contributed by atoms with Crippen molar-refractivity contribution in [2.24, 2.45) is 0 Å². The summed E-state index contributed by atoms with van der Waals surface area (Å²) in [7, 11) is 0. The van der Waals surface area contributed by atoms with E-state index in [1.165, 1.54) is 12.1 Å². The molecule has 4 rings (SSSR count). The van der Waals surface area contributed by atoms with Crippen LogP contribution in [0.25, 0.3) is 11.0 Å². The molecule has 0 amide bonds. The smallest absolute Gasteiger partial charge is 0.421 e. The van der Waals surface area contributed by atoms with Gasteiger partial charge in [-0.25, -0.2) is 14.4 Å². The summed E-state index contributed by atoms with van der Waals surface area (Å²) < 4.78 is 58.5. The number of halogens is 4. The highest BCUT2D eigenvalue weighted by Crippen LogP contribution is 2.37. The molecule has 2 heterocycles. The van der Waals surface area contributed by atoms with E-state index in [9.17, 15) is 17.6 Å². The zero-order valence-corrected chi connectivity index (χ0v) is 14.1. The Morgan fingerprint density at radius 3 is 2.57 bits per heavy atom. The summed E-state index contributed by atoms with van der Waals surface area (Å²) in [5.74, 6) is -1.54. The van der Waals surface area contributed by atoms with Gasteiger partial charge in [0, 0.05) is 18.0 Å². The molecule has 2 aromatic heterocycles. The van der Waals surface area contributed by atoms with E-state index < -0.39 is 23.4 Å². The highest BCUT2D eigenvalue weighted by molar-refractivity contribution is 5.78. The maximum atomic E-state index is 14.4. The van der Waals surface area contributed by atoms with Crippen LogP contribution in [-0.2, 0) is 6.18 Å². The third-order valence-corrected chi connectivity index (χ3v) is 3.87. The normalized spacial score (nSPS) is 11.6. The van der Waals surface area contributed by atoms with Crippen molar-refractivity contribution in [1.82, 2.24) is 15.0 Å². The molecule has 142 valence electrons. The van der Waals surface area contributed by atoms with Gasteiger partial charge in [-0.1, -0.05) is 12.1 Å². The van der Waals surface area contributed by atoms with Crippen LogP contribution in [0, 0.1) is 5.82 Å². The van der Waals surface area contributed by atoms with Crippen LogP contribution in [0.5, 0.6) is 11.6 Å². The lowest BCUT2D eigenvalue weighted by atomic mass is 10.2. The molecule has 2 N–H and O–H groups in total. The van der Waals surface area contributed by atoms with E-state index in [0.717, 1.165) is 35.4 Å². The van der Waals surface area contributed by atoms with Gasteiger partial charge in [0.2, 0.25) is 11.8 Å². The number of H-pyrrole nitrogens is 1. The predicted molar refractivity (Wildman–Crippen MR) is 95.1 cm³/mol. The second-order valence-corrected chi connectivity index (χ2v) is 5.83. The number of para-hydroxylation sites is 2. The third kappa shape index (κ3) is 3.59. The molecule has 2 aromatic carbocycles. The summed E-state index contributed by atoms with van der Waals surface area (Å²) >= 11 is 0. The molecule has 0 spiro atoms. The number of hydrogen-bond donors (Lipinski definition) is 2. The quantitative estimate of drug-likeness (QED) is 0.444. The second-order valence-electron chi connectivity index (χ2n) is 5.83. The number of hydrogen-bond acceptors (Lipinski definition) is 4. The van der Waals surface area contributed by atoms with Gasteiger partial charge in [-0.3, -0.25) is 0 Å². The Kier molecular flexibility index (Phi) is 4.34. The van der Waals surface area contributed by atoms with E-state index in [4.69, 9.17) is 4.74 Å². The molecule has 0 aliphatic rings. The number of aromatic nitrogens is 3. The molecule has 0 aliphatic heterocycles. The second kappa shape index (κ2) is 6.84. The molecule has 0 saturated carbocycles. The largest absolute Gasteiger partial charge is 0.435 e. The number of ether oxygens (including phenoxy) is 1. The standard InChI is InChI=1S/C19H12F4N4O/c20-13-10-11(25-18-26-14-5-1-2-6-15(14)27-18)7-8-16(13)28-17-12(19(21,22)23)4-3-9-24-17/h1-10H,(H2,25,26,27). The molecule has 0 aliphatic carbocycles. The minimum atomic E-state index is -4.66. The minimum absolute atomic E-state index is 0.348. The Bertz CT molecular complexity index is 1110. The lowest BCUT2D eigenvalue weighted by Crippen LogP contribution is -2.08. The van der Waals surface area contributed by atoms with E-state index in [0.29, 0.717) is 11.6 Å². The Balaban J connectivity index is 1.57. The van der Waals surface area contributed by atoms with Crippen LogP contribution in [0.4, 0.5) is 29.2 Å². The highest BCUT2D eigenvalue weighted by Gasteiger charge is 2.35. The van der Waals surface area contributed by atoms with Gasteiger partial charge in [-0.05, 0) is 36.4 Å². The predicted octanol–water partition coefficient (Wildman–Crippen LogP) is 5.65. The van der Waals surface area contributed by atoms with Crippen molar-refractivity contribution in [3.8, 4) is 11.6 Å². The SMILES string of the molecule is Fc1cc(Nc2nc3ccccc3[nH]2)ccc1Oc1ncccc1C(F)(F)F. The fourth-order valence-electron chi connectivity index (χ4n) is 2.60. The van der Waals surface area contributed by atoms with Crippen molar-refractivity contribution in [2.75, 3.05) is 5.32 Å². The topological polar surface area (TPSA) is 62.8 Å². The van der Waals surface area contributed by atoms with Crippen LogP contribution in [0.2, 0.25) is 0 Å². The maximum Gasteiger partial charge on any atom is 0.421 e. The zero-order valence-electron chi connectivity index (χ0n) is 14.1. The average Bonchev–Trinajstić information content (AvgIpc) is 3.06. The monoisotopic (exact) mass is 388 g/mol. The molecule has 0 unspecified atom stereocenters. The van der Waals surface area contributed by atoms with Crippen LogP contribution >= 0.6 is 0 Å².